The maximum Gasteiger partial charge on any atom is 0.253 e. The Morgan fingerprint density at radius 3 is 2.41 bits per heavy atom. The van der Waals surface area contributed by atoms with Gasteiger partial charge in [0.2, 0.25) is 5.91 Å². The molecule has 4 rings (SSSR count). The summed E-state index contributed by atoms with van der Waals surface area (Å²) in [4.78, 5) is 28.8. The number of likely N-dealkylation sites (tertiary alicyclic amines) is 1. The van der Waals surface area contributed by atoms with Gasteiger partial charge in [0.1, 0.15) is 12.4 Å². The lowest BCUT2D eigenvalue weighted by Gasteiger charge is -2.47. The van der Waals surface area contributed by atoms with Crippen molar-refractivity contribution in [2.45, 2.75) is 50.5 Å². The van der Waals surface area contributed by atoms with Gasteiger partial charge in [-0.3, -0.25) is 9.59 Å². The minimum Gasteiger partial charge on any atom is -0.363 e. The van der Waals surface area contributed by atoms with Gasteiger partial charge in [-0.1, -0.05) is 19.3 Å². The van der Waals surface area contributed by atoms with Crippen molar-refractivity contribution in [2.24, 2.45) is 5.92 Å². The normalized spacial score (nSPS) is 23.7. The minimum absolute atomic E-state index is 0.0357. The van der Waals surface area contributed by atoms with Gasteiger partial charge in [0.25, 0.3) is 5.91 Å². The average Bonchev–Trinajstić information content (AvgIpc) is 2.71. The van der Waals surface area contributed by atoms with Gasteiger partial charge < -0.3 is 14.5 Å². The third kappa shape index (κ3) is 3.86. The molecule has 0 N–H and O–H groups in total. The summed E-state index contributed by atoms with van der Waals surface area (Å²) in [5, 5.41) is 0. The van der Waals surface area contributed by atoms with Crippen molar-refractivity contribution in [3.05, 3.63) is 30.1 Å². The Morgan fingerprint density at radius 1 is 1.07 bits per heavy atom. The summed E-state index contributed by atoms with van der Waals surface area (Å²) in [6.07, 6.45) is 7.06. The Morgan fingerprint density at radius 2 is 1.74 bits per heavy atom. The van der Waals surface area contributed by atoms with Crippen LogP contribution in [0.5, 0.6) is 0 Å². The fourth-order valence-corrected chi connectivity index (χ4v) is 4.62. The molecule has 0 bridgehead atoms. The first-order valence-electron chi connectivity index (χ1n) is 10.1. The number of anilines is 1. The number of hydrogen-bond donors (Lipinski definition) is 0. The third-order valence-corrected chi connectivity index (χ3v) is 6.33. The molecule has 2 saturated heterocycles. The van der Waals surface area contributed by atoms with Crippen LogP contribution in [0.3, 0.4) is 0 Å². The number of nitrogens with zero attached hydrogens (tertiary/aromatic N) is 2. The summed E-state index contributed by atoms with van der Waals surface area (Å²) >= 11 is 0. The monoisotopic (exact) mass is 374 g/mol. The summed E-state index contributed by atoms with van der Waals surface area (Å²) in [6.45, 7) is 1.86. The average molecular weight is 374 g/mol. The number of morpholine rings is 1. The van der Waals surface area contributed by atoms with Crippen molar-refractivity contribution >= 4 is 17.5 Å². The summed E-state index contributed by atoms with van der Waals surface area (Å²) in [5.41, 5.74) is 0.288. The summed E-state index contributed by atoms with van der Waals surface area (Å²) in [6, 6.07) is 6.01. The molecular weight excluding hydrogens is 347 g/mol. The molecule has 0 radical (unpaired) electrons. The molecule has 1 saturated carbocycles. The van der Waals surface area contributed by atoms with E-state index in [1.807, 2.05) is 4.90 Å². The molecule has 3 fully saturated rings. The van der Waals surface area contributed by atoms with Gasteiger partial charge in [0.05, 0.1) is 12.1 Å². The molecule has 2 amide bonds. The molecule has 27 heavy (non-hydrogen) atoms. The second-order valence-corrected chi connectivity index (χ2v) is 8.09. The van der Waals surface area contributed by atoms with E-state index in [1.165, 1.54) is 18.6 Å². The van der Waals surface area contributed by atoms with Gasteiger partial charge in [-0.2, -0.15) is 0 Å². The van der Waals surface area contributed by atoms with E-state index in [1.54, 1.807) is 17.0 Å². The molecule has 1 aliphatic carbocycles. The van der Waals surface area contributed by atoms with Crippen molar-refractivity contribution in [1.29, 1.82) is 0 Å². The molecule has 1 aromatic rings. The first-order valence-corrected chi connectivity index (χ1v) is 10.1. The Hall–Kier alpha value is -1.95. The smallest absolute Gasteiger partial charge is 0.253 e. The molecule has 6 heteroatoms. The molecule has 1 aromatic carbocycles. The van der Waals surface area contributed by atoms with Crippen LogP contribution in [-0.2, 0) is 14.3 Å². The van der Waals surface area contributed by atoms with E-state index in [9.17, 15) is 14.0 Å². The van der Waals surface area contributed by atoms with Crippen LogP contribution in [0.4, 0.5) is 10.1 Å². The predicted octanol–water partition coefficient (Wildman–Crippen LogP) is 3.13. The lowest BCUT2D eigenvalue weighted by Crippen LogP contribution is -2.59. The number of hydrogen-bond acceptors (Lipinski definition) is 3. The Bertz CT molecular complexity index is 692. The Labute approximate surface area is 159 Å². The molecule has 5 nitrogen and oxygen atoms in total. The Balaban J connectivity index is 1.40. The summed E-state index contributed by atoms with van der Waals surface area (Å²) in [5.74, 6) is 0.0702. The topological polar surface area (TPSA) is 49.9 Å². The van der Waals surface area contributed by atoms with Crippen LogP contribution in [-0.4, -0.2) is 48.6 Å². The standard InChI is InChI=1S/C21H27FN2O3/c22-17-6-8-18(9-7-17)24-15-21(27-14-19(24)25)10-12-23(13-11-21)20(26)16-4-2-1-3-5-16/h6-9,16H,1-5,10-15H2. The second kappa shape index (κ2) is 7.58. The largest absolute Gasteiger partial charge is 0.363 e. The number of rotatable bonds is 2. The fraction of sp³-hybridized carbons (Fsp3) is 0.619. The summed E-state index contributed by atoms with van der Waals surface area (Å²) in [7, 11) is 0. The number of piperidine rings is 1. The fourth-order valence-electron chi connectivity index (χ4n) is 4.62. The van der Waals surface area contributed by atoms with E-state index in [2.05, 4.69) is 0 Å². The lowest BCUT2D eigenvalue weighted by molar-refractivity contribution is -0.152. The van der Waals surface area contributed by atoms with E-state index in [4.69, 9.17) is 4.74 Å². The SMILES string of the molecule is O=C(C1CCCCC1)N1CCC2(CC1)CN(c1ccc(F)cc1)C(=O)CO2. The number of halogens is 1. The van der Waals surface area contributed by atoms with Crippen LogP contribution in [0.2, 0.25) is 0 Å². The van der Waals surface area contributed by atoms with E-state index < -0.39 is 5.60 Å². The van der Waals surface area contributed by atoms with Crippen LogP contribution in [0.1, 0.15) is 44.9 Å². The quantitative estimate of drug-likeness (QED) is 0.799. The zero-order valence-electron chi connectivity index (χ0n) is 15.7. The Kier molecular flexibility index (Phi) is 5.17. The molecular formula is C21H27FN2O3. The van der Waals surface area contributed by atoms with Crippen LogP contribution in [0.15, 0.2) is 24.3 Å². The number of ether oxygens (including phenoxy) is 1. The number of amides is 2. The van der Waals surface area contributed by atoms with E-state index >= 15 is 0 Å². The second-order valence-electron chi connectivity index (χ2n) is 8.09. The maximum atomic E-state index is 13.2. The molecule has 2 aliphatic heterocycles. The van der Waals surface area contributed by atoms with Gasteiger partial charge in [0.15, 0.2) is 0 Å². The van der Waals surface area contributed by atoms with Crippen molar-refractivity contribution in [1.82, 2.24) is 4.90 Å². The van der Waals surface area contributed by atoms with Crippen LogP contribution in [0, 0.1) is 11.7 Å². The predicted molar refractivity (Wildman–Crippen MR) is 99.8 cm³/mol. The third-order valence-electron chi connectivity index (χ3n) is 6.33. The van der Waals surface area contributed by atoms with Crippen molar-refractivity contribution in [2.75, 3.05) is 31.1 Å². The number of benzene rings is 1. The highest BCUT2D eigenvalue weighted by atomic mass is 19.1. The molecule has 0 unspecified atom stereocenters. The molecule has 1 spiro atoms. The first kappa shape index (κ1) is 18.4. The van der Waals surface area contributed by atoms with Crippen molar-refractivity contribution in [3.63, 3.8) is 0 Å². The lowest BCUT2D eigenvalue weighted by atomic mass is 9.85. The van der Waals surface area contributed by atoms with Crippen LogP contribution < -0.4 is 4.90 Å². The van der Waals surface area contributed by atoms with Gasteiger partial charge >= 0.3 is 0 Å². The van der Waals surface area contributed by atoms with Gasteiger partial charge in [-0.05, 0) is 49.9 Å². The minimum atomic E-state index is -0.411. The van der Waals surface area contributed by atoms with Crippen molar-refractivity contribution in [3.8, 4) is 0 Å². The highest BCUT2D eigenvalue weighted by Crippen LogP contribution is 2.34. The van der Waals surface area contributed by atoms with E-state index in [0.29, 0.717) is 31.2 Å². The highest BCUT2D eigenvalue weighted by Gasteiger charge is 2.44. The van der Waals surface area contributed by atoms with E-state index in [0.717, 1.165) is 38.5 Å². The van der Waals surface area contributed by atoms with Crippen LogP contribution >= 0.6 is 0 Å². The van der Waals surface area contributed by atoms with Gasteiger partial charge in [0, 0.05) is 24.7 Å². The maximum absolute atomic E-state index is 13.2. The summed E-state index contributed by atoms with van der Waals surface area (Å²) < 4.78 is 19.2. The van der Waals surface area contributed by atoms with Crippen LogP contribution in [0.25, 0.3) is 0 Å². The van der Waals surface area contributed by atoms with Gasteiger partial charge in [-0.15, -0.1) is 0 Å². The van der Waals surface area contributed by atoms with Crippen molar-refractivity contribution < 1.29 is 18.7 Å². The first-order chi connectivity index (χ1) is 13.1. The number of carbonyl (C=O) groups is 2. The van der Waals surface area contributed by atoms with E-state index in [-0.39, 0.29) is 24.2 Å². The molecule has 3 aliphatic rings. The zero-order chi connectivity index (χ0) is 18.9. The molecule has 146 valence electrons. The zero-order valence-corrected chi connectivity index (χ0v) is 15.7. The molecule has 0 aromatic heterocycles. The highest BCUT2D eigenvalue weighted by molar-refractivity contribution is 5.95. The van der Waals surface area contributed by atoms with Gasteiger partial charge in [-0.25, -0.2) is 4.39 Å². The molecule has 2 heterocycles. The molecule has 0 atom stereocenters. The number of carbonyl (C=O) groups excluding carboxylic acids is 2.